The minimum atomic E-state index is -0.855. The highest BCUT2D eigenvalue weighted by atomic mass is 16.7. The topological polar surface area (TPSA) is 100 Å². The Kier molecular flexibility index (Phi) is 6.33. The van der Waals surface area contributed by atoms with Crippen LogP contribution in [-0.4, -0.2) is 42.6 Å². The van der Waals surface area contributed by atoms with E-state index >= 15 is 0 Å². The van der Waals surface area contributed by atoms with Crippen molar-refractivity contribution in [3.8, 4) is 5.75 Å². The van der Waals surface area contributed by atoms with Gasteiger partial charge in [-0.2, -0.15) is 0 Å². The van der Waals surface area contributed by atoms with Crippen LogP contribution in [0.3, 0.4) is 0 Å². The van der Waals surface area contributed by atoms with Crippen LogP contribution in [0.2, 0.25) is 0 Å². The first-order chi connectivity index (χ1) is 15.7. The molecule has 8 nitrogen and oxygen atoms in total. The third-order valence-electron chi connectivity index (χ3n) is 7.37. The lowest BCUT2D eigenvalue weighted by molar-refractivity contribution is -0.384. The van der Waals surface area contributed by atoms with Crippen molar-refractivity contribution in [1.29, 1.82) is 0 Å². The predicted octanol–water partition coefficient (Wildman–Crippen LogP) is 5.22. The van der Waals surface area contributed by atoms with Crippen molar-refractivity contribution in [2.24, 2.45) is 17.3 Å². The highest BCUT2D eigenvalue weighted by molar-refractivity contribution is 5.64. The monoisotopic (exact) mass is 457 g/mol. The molecule has 3 unspecified atom stereocenters. The predicted molar refractivity (Wildman–Crippen MR) is 121 cm³/mol. The molecule has 2 saturated carbocycles. The molecule has 3 aliphatic rings. The normalized spacial score (nSPS) is 34.3. The molecule has 1 aromatic carbocycles. The maximum absolute atomic E-state index is 12.5. The average molecular weight is 458 g/mol. The van der Waals surface area contributed by atoms with E-state index in [2.05, 4.69) is 26.5 Å². The van der Waals surface area contributed by atoms with Gasteiger partial charge in [0.2, 0.25) is 0 Å². The van der Waals surface area contributed by atoms with Crippen molar-refractivity contribution in [2.75, 3.05) is 13.7 Å². The van der Waals surface area contributed by atoms with Gasteiger partial charge in [-0.25, -0.2) is 4.79 Å². The first kappa shape index (κ1) is 23.4. The van der Waals surface area contributed by atoms with E-state index in [9.17, 15) is 14.9 Å². The summed E-state index contributed by atoms with van der Waals surface area (Å²) in [5, 5.41) is 10.8. The van der Waals surface area contributed by atoms with Gasteiger partial charge in [0, 0.05) is 25.2 Å². The van der Waals surface area contributed by atoms with E-state index in [1.54, 1.807) is 7.11 Å². The van der Waals surface area contributed by atoms with Crippen molar-refractivity contribution in [3.63, 3.8) is 0 Å². The number of carbonyl (C=O) groups excluding carboxylic acids is 1. The number of carbonyl (C=O) groups is 1. The quantitative estimate of drug-likeness (QED) is 0.132. The zero-order valence-electron chi connectivity index (χ0n) is 19.3. The molecule has 178 valence electrons. The number of nitrogens with zero attached hydrogens (tertiary/aromatic N) is 1. The van der Waals surface area contributed by atoms with Gasteiger partial charge in [-0.05, 0) is 63.0 Å². The molecule has 4 rings (SSSR count). The van der Waals surface area contributed by atoms with Crippen molar-refractivity contribution in [2.45, 2.75) is 57.3 Å². The zero-order valence-corrected chi connectivity index (χ0v) is 19.3. The third-order valence-corrected chi connectivity index (χ3v) is 7.37. The molecule has 1 saturated heterocycles. The largest absolute Gasteiger partial charge is 0.514 e. The molecule has 0 bridgehead atoms. The van der Waals surface area contributed by atoms with Gasteiger partial charge in [0.1, 0.15) is 18.0 Å². The van der Waals surface area contributed by atoms with Gasteiger partial charge in [-0.15, -0.1) is 6.58 Å². The fourth-order valence-electron chi connectivity index (χ4n) is 5.53. The summed E-state index contributed by atoms with van der Waals surface area (Å²) in [5.74, 6) is 0.675. The molecule has 1 spiro atoms. The van der Waals surface area contributed by atoms with Crippen LogP contribution in [0.1, 0.15) is 39.5 Å². The van der Waals surface area contributed by atoms with E-state index in [4.69, 9.17) is 18.9 Å². The summed E-state index contributed by atoms with van der Waals surface area (Å²) in [6, 6.07) is 5.29. The van der Waals surface area contributed by atoms with E-state index in [-0.39, 0.29) is 34.5 Å². The van der Waals surface area contributed by atoms with Crippen LogP contribution in [0.4, 0.5) is 10.5 Å². The number of nitro groups is 1. The second kappa shape index (κ2) is 8.91. The van der Waals surface area contributed by atoms with Crippen LogP contribution in [0, 0.1) is 27.4 Å². The van der Waals surface area contributed by atoms with Crippen LogP contribution >= 0.6 is 0 Å². The summed E-state index contributed by atoms with van der Waals surface area (Å²) in [5.41, 5.74) is 0.839. The Labute approximate surface area is 193 Å². The van der Waals surface area contributed by atoms with Crippen LogP contribution < -0.4 is 4.74 Å². The van der Waals surface area contributed by atoms with Gasteiger partial charge in [0.25, 0.3) is 5.69 Å². The fraction of sp³-hybridized carbons (Fsp3) is 0.560. The fourth-order valence-corrected chi connectivity index (χ4v) is 5.53. The Morgan fingerprint density at radius 2 is 2.03 bits per heavy atom. The smallest absolute Gasteiger partial charge is 0.428 e. The first-order valence-corrected chi connectivity index (χ1v) is 11.3. The molecule has 33 heavy (non-hydrogen) atoms. The number of epoxide rings is 1. The number of ether oxygens (including phenoxy) is 4. The third kappa shape index (κ3) is 4.54. The van der Waals surface area contributed by atoms with Crippen molar-refractivity contribution in [3.05, 3.63) is 58.7 Å². The molecule has 0 amide bonds. The summed E-state index contributed by atoms with van der Waals surface area (Å²) in [6.07, 6.45) is 5.99. The number of rotatable bonds is 8. The Morgan fingerprint density at radius 3 is 2.58 bits per heavy atom. The second-order valence-electron chi connectivity index (χ2n) is 9.56. The molecule has 6 atom stereocenters. The molecule has 1 aliphatic heterocycles. The van der Waals surface area contributed by atoms with Gasteiger partial charge < -0.3 is 18.9 Å². The minimum absolute atomic E-state index is 0.0361. The maximum atomic E-state index is 12.5. The number of benzene rings is 1. The highest BCUT2D eigenvalue weighted by Gasteiger charge is 2.71. The number of non-ortho nitro benzene ring substituents is 1. The molecule has 3 fully saturated rings. The summed E-state index contributed by atoms with van der Waals surface area (Å²) in [4.78, 5) is 22.8. The van der Waals surface area contributed by atoms with Crippen LogP contribution in [0.5, 0.6) is 5.75 Å². The Balaban J connectivity index is 1.47. The van der Waals surface area contributed by atoms with Gasteiger partial charge in [0.05, 0.1) is 17.1 Å². The zero-order chi connectivity index (χ0) is 23.8. The summed E-state index contributed by atoms with van der Waals surface area (Å²) >= 11 is 0. The Morgan fingerprint density at radius 1 is 1.33 bits per heavy atom. The second-order valence-corrected chi connectivity index (χ2v) is 9.56. The van der Waals surface area contributed by atoms with E-state index in [0.717, 1.165) is 19.3 Å². The van der Waals surface area contributed by atoms with E-state index in [1.807, 2.05) is 6.08 Å². The van der Waals surface area contributed by atoms with Gasteiger partial charge in [-0.3, -0.25) is 10.1 Å². The van der Waals surface area contributed by atoms with Crippen molar-refractivity contribution < 1.29 is 28.7 Å². The van der Waals surface area contributed by atoms with Crippen LogP contribution in [0.15, 0.2) is 48.6 Å². The summed E-state index contributed by atoms with van der Waals surface area (Å²) < 4.78 is 22.9. The number of allylic oxidation sites excluding steroid dienone is 3. The van der Waals surface area contributed by atoms with Gasteiger partial charge in [0.15, 0.2) is 0 Å². The lowest BCUT2D eigenvalue weighted by Gasteiger charge is -2.44. The molecule has 1 heterocycles. The standard InChI is InChI=1S/C25H31NO7/c1-5-24(14-17(24)7-6-16(2)3)22-21(30-4)20(12-13-25(22)15-31-25)33-23(27)32-19-10-8-18(9-11-19)26(28)29/h5-6,8-11,17,20-22H,1,7,12-15H2,2-4H3/t17-,20?,21?,22?,24-,25-/m0/s1. The Hall–Kier alpha value is -2.71. The lowest BCUT2D eigenvalue weighted by atomic mass is 9.66. The summed E-state index contributed by atoms with van der Waals surface area (Å²) in [6.45, 7) is 9.04. The van der Waals surface area contributed by atoms with Crippen LogP contribution in [-0.2, 0) is 14.2 Å². The Bertz CT molecular complexity index is 948. The van der Waals surface area contributed by atoms with Crippen molar-refractivity contribution >= 4 is 11.8 Å². The van der Waals surface area contributed by atoms with E-state index < -0.39 is 17.2 Å². The first-order valence-electron chi connectivity index (χ1n) is 11.3. The van der Waals surface area contributed by atoms with Crippen molar-refractivity contribution in [1.82, 2.24) is 0 Å². The minimum Gasteiger partial charge on any atom is -0.428 e. The molecule has 1 aromatic rings. The number of methoxy groups -OCH3 is 1. The molecule has 0 aromatic heterocycles. The number of nitro benzene ring substituents is 1. The maximum Gasteiger partial charge on any atom is 0.514 e. The SMILES string of the molecule is C=C[C@]1(C2C(OC)C(OC(=O)Oc3ccc([N+](=O)[O-])cc3)CC[C@]23CO3)C[C@@H]1CC=C(C)C. The lowest BCUT2D eigenvalue weighted by Crippen LogP contribution is -2.53. The highest BCUT2D eigenvalue weighted by Crippen LogP contribution is 2.68. The van der Waals surface area contributed by atoms with E-state index in [1.165, 1.54) is 29.8 Å². The number of hydrogen-bond acceptors (Lipinski definition) is 7. The molecule has 0 N–H and O–H groups in total. The molecular weight excluding hydrogens is 426 g/mol. The molecular formula is C25H31NO7. The average Bonchev–Trinajstić information content (AvgIpc) is 3.70. The van der Waals surface area contributed by atoms with Gasteiger partial charge in [-0.1, -0.05) is 17.7 Å². The van der Waals surface area contributed by atoms with Gasteiger partial charge >= 0.3 is 6.16 Å². The summed E-state index contributed by atoms with van der Waals surface area (Å²) in [7, 11) is 1.64. The molecule has 8 heteroatoms. The molecule has 2 aliphatic carbocycles. The number of hydrogen-bond donors (Lipinski definition) is 0. The molecule has 0 radical (unpaired) electrons. The van der Waals surface area contributed by atoms with Crippen LogP contribution in [0.25, 0.3) is 0 Å². The van der Waals surface area contributed by atoms with E-state index in [0.29, 0.717) is 18.9 Å².